The van der Waals surface area contributed by atoms with Crippen LogP contribution in [0, 0.1) is 12.3 Å². The van der Waals surface area contributed by atoms with Crippen LogP contribution >= 0.6 is 11.3 Å². The molecule has 0 radical (unpaired) electrons. The molecule has 0 aliphatic rings. The number of nitrogens with zero attached hydrogens (tertiary/aromatic N) is 2. The minimum absolute atomic E-state index is 0.114. The Labute approximate surface area is 155 Å². The normalized spacial score (nSPS) is 12.1. The van der Waals surface area contributed by atoms with Gasteiger partial charge in [-0.25, -0.2) is 0 Å². The van der Waals surface area contributed by atoms with Crippen molar-refractivity contribution in [3.63, 3.8) is 0 Å². The van der Waals surface area contributed by atoms with E-state index in [1.165, 1.54) is 30.6 Å². The van der Waals surface area contributed by atoms with Crippen molar-refractivity contribution in [2.75, 3.05) is 14.2 Å². The molecule has 0 unspecified atom stereocenters. The number of sulfonamides is 1. The van der Waals surface area contributed by atoms with E-state index in [0.29, 0.717) is 21.7 Å². The third-order valence-corrected chi connectivity index (χ3v) is 6.17. The van der Waals surface area contributed by atoms with E-state index in [9.17, 15) is 8.42 Å². The molecule has 6 nitrogen and oxygen atoms in total. The third-order valence-electron chi connectivity index (χ3n) is 3.68. The van der Waals surface area contributed by atoms with Crippen molar-refractivity contribution in [3.05, 3.63) is 47.3 Å². The van der Waals surface area contributed by atoms with Gasteiger partial charge in [0.2, 0.25) is 4.80 Å². The van der Waals surface area contributed by atoms with E-state index < -0.39 is 10.0 Å². The van der Waals surface area contributed by atoms with Crippen LogP contribution in [0.4, 0.5) is 0 Å². The van der Waals surface area contributed by atoms with Crippen molar-refractivity contribution in [2.24, 2.45) is 4.40 Å². The Kier molecular flexibility index (Phi) is 5.02. The van der Waals surface area contributed by atoms with Gasteiger partial charge in [-0.1, -0.05) is 35.5 Å². The first kappa shape index (κ1) is 18.0. The van der Waals surface area contributed by atoms with Crippen LogP contribution in [0.15, 0.2) is 51.8 Å². The second kappa shape index (κ2) is 7.23. The second-order valence-corrected chi connectivity index (χ2v) is 7.78. The van der Waals surface area contributed by atoms with Crippen LogP contribution in [0.1, 0.15) is 0 Å². The average molecular weight is 388 g/mol. The standard InChI is InChI=1S/C18H16N2O4S2/c1-4-12-20-16-14(23-2)10-11-15(24-3)17(16)25-18(20)19-26(21,22)13-8-6-5-7-9-13/h1,5-11H,12H2,2-3H3. The molecule has 0 amide bonds. The molecule has 0 aliphatic heterocycles. The van der Waals surface area contributed by atoms with E-state index in [-0.39, 0.29) is 16.2 Å². The van der Waals surface area contributed by atoms with Gasteiger partial charge in [-0.2, -0.15) is 8.42 Å². The van der Waals surface area contributed by atoms with Gasteiger partial charge in [0.15, 0.2) is 0 Å². The lowest BCUT2D eigenvalue weighted by molar-refractivity contribution is 0.409. The highest BCUT2D eigenvalue weighted by atomic mass is 32.2. The van der Waals surface area contributed by atoms with Gasteiger partial charge < -0.3 is 14.0 Å². The Morgan fingerprint density at radius 1 is 1.12 bits per heavy atom. The van der Waals surface area contributed by atoms with Crippen LogP contribution in [0.3, 0.4) is 0 Å². The van der Waals surface area contributed by atoms with E-state index in [4.69, 9.17) is 15.9 Å². The van der Waals surface area contributed by atoms with Crippen LogP contribution in [-0.2, 0) is 16.6 Å². The van der Waals surface area contributed by atoms with Crippen molar-refractivity contribution < 1.29 is 17.9 Å². The van der Waals surface area contributed by atoms with Gasteiger partial charge in [0, 0.05) is 0 Å². The van der Waals surface area contributed by atoms with Gasteiger partial charge in [-0.15, -0.1) is 10.8 Å². The summed E-state index contributed by atoms with van der Waals surface area (Å²) in [6.07, 6.45) is 5.49. The second-order valence-electron chi connectivity index (χ2n) is 5.20. The van der Waals surface area contributed by atoms with E-state index in [1.54, 1.807) is 42.0 Å². The number of ether oxygens (including phenoxy) is 2. The van der Waals surface area contributed by atoms with Crippen LogP contribution in [0.5, 0.6) is 11.5 Å². The van der Waals surface area contributed by atoms with Crippen LogP contribution < -0.4 is 14.3 Å². The van der Waals surface area contributed by atoms with Crippen molar-refractivity contribution >= 4 is 31.6 Å². The summed E-state index contributed by atoms with van der Waals surface area (Å²) in [6.45, 7) is 0.146. The molecule has 3 rings (SSSR count). The van der Waals surface area contributed by atoms with Crippen molar-refractivity contribution in [2.45, 2.75) is 11.4 Å². The number of hydrogen-bond donors (Lipinski definition) is 0. The molecule has 0 saturated heterocycles. The summed E-state index contributed by atoms with van der Waals surface area (Å²) in [5.41, 5.74) is 0.650. The van der Waals surface area contributed by atoms with E-state index >= 15 is 0 Å². The maximum atomic E-state index is 12.7. The maximum absolute atomic E-state index is 12.7. The van der Waals surface area contributed by atoms with Crippen LogP contribution in [-0.4, -0.2) is 27.2 Å². The summed E-state index contributed by atoms with van der Waals surface area (Å²) < 4.78 is 42.5. The molecule has 0 spiro atoms. The lowest BCUT2D eigenvalue weighted by Gasteiger charge is -2.08. The zero-order valence-corrected chi connectivity index (χ0v) is 15.8. The molecule has 0 fully saturated rings. The number of hydrogen-bond acceptors (Lipinski definition) is 5. The van der Waals surface area contributed by atoms with Gasteiger partial charge >= 0.3 is 0 Å². The summed E-state index contributed by atoms with van der Waals surface area (Å²) in [7, 11) is -0.793. The molecule has 0 saturated carbocycles. The highest BCUT2D eigenvalue weighted by Gasteiger charge is 2.18. The number of fused-ring (bicyclic) bond motifs is 1. The molecule has 26 heavy (non-hydrogen) atoms. The Bertz CT molecular complexity index is 1150. The molecule has 3 aromatic rings. The number of thiazole rings is 1. The van der Waals surface area contributed by atoms with E-state index in [2.05, 4.69) is 10.3 Å². The molecule has 1 heterocycles. The Balaban J connectivity index is 2.36. The van der Waals surface area contributed by atoms with Gasteiger partial charge in [0.1, 0.15) is 21.7 Å². The molecule has 0 N–H and O–H groups in total. The van der Waals surface area contributed by atoms with Crippen LogP contribution in [0.2, 0.25) is 0 Å². The first-order valence-corrected chi connectivity index (χ1v) is 9.81. The first-order chi connectivity index (χ1) is 12.5. The van der Waals surface area contributed by atoms with Gasteiger partial charge in [-0.3, -0.25) is 0 Å². The molecule has 134 valence electrons. The van der Waals surface area contributed by atoms with Gasteiger partial charge in [-0.05, 0) is 24.3 Å². The topological polar surface area (TPSA) is 69.9 Å². The summed E-state index contributed by atoms with van der Waals surface area (Å²) in [5, 5.41) is 0. The fraction of sp³-hybridized carbons (Fsp3) is 0.167. The molecular weight excluding hydrogens is 372 g/mol. The highest BCUT2D eigenvalue weighted by molar-refractivity contribution is 7.90. The fourth-order valence-electron chi connectivity index (χ4n) is 2.51. The van der Waals surface area contributed by atoms with Crippen molar-refractivity contribution in [1.29, 1.82) is 0 Å². The Morgan fingerprint density at radius 2 is 1.77 bits per heavy atom. The molecule has 0 atom stereocenters. The molecule has 1 aromatic heterocycles. The van der Waals surface area contributed by atoms with Gasteiger partial charge in [0.05, 0.1) is 25.7 Å². The van der Waals surface area contributed by atoms with Crippen molar-refractivity contribution in [3.8, 4) is 23.8 Å². The lowest BCUT2D eigenvalue weighted by Crippen LogP contribution is -2.17. The van der Waals surface area contributed by atoms with E-state index in [1.807, 2.05) is 0 Å². The number of terminal acetylenes is 1. The summed E-state index contributed by atoms with van der Waals surface area (Å²) in [4.78, 5) is 0.369. The van der Waals surface area contributed by atoms with E-state index in [0.717, 1.165) is 0 Å². The molecule has 8 heteroatoms. The third kappa shape index (κ3) is 3.19. The largest absolute Gasteiger partial charge is 0.495 e. The monoisotopic (exact) mass is 388 g/mol. The number of rotatable bonds is 5. The predicted octanol–water partition coefficient (Wildman–Crippen LogP) is 2.64. The van der Waals surface area contributed by atoms with Crippen molar-refractivity contribution in [1.82, 2.24) is 4.57 Å². The Hall–Kier alpha value is -2.76. The zero-order valence-electron chi connectivity index (χ0n) is 14.2. The smallest absolute Gasteiger partial charge is 0.285 e. The summed E-state index contributed by atoms with van der Waals surface area (Å²) >= 11 is 1.18. The number of aromatic nitrogens is 1. The number of methoxy groups -OCH3 is 2. The SMILES string of the molecule is C#CCn1c(=NS(=O)(=O)c2ccccc2)sc2c(OC)ccc(OC)c21. The Morgan fingerprint density at radius 3 is 2.38 bits per heavy atom. The quantitative estimate of drug-likeness (QED) is 0.630. The number of benzene rings is 2. The zero-order chi connectivity index (χ0) is 18.7. The van der Waals surface area contributed by atoms with Gasteiger partial charge in [0.25, 0.3) is 10.0 Å². The summed E-state index contributed by atoms with van der Waals surface area (Å²) in [5.74, 6) is 3.69. The first-order valence-electron chi connectivity index (χ1n) is 7.55. The van der Waals surface area contributed by atoms with Crippen LogP contribution in [0.25, 0.3) is 10.2 Å². The predicted molar refractivity (Wildman–Crippen MR) is 101 cm³/mol. The highest BCUT2D eigenvalue weighted by Crippen LogP contribution is 2.35. The molecule has 0 bridgehead atoms. The minimum Gasteiger partial charge on any atom is -0.495 e. The molecule has 2 aromatic carbocycles. The average Bonchev–Trinajstić information content (AvgIpc) is 3.00. The fourth-order valence-corrected chi connectivity index (χ4v) is 4.87. The molecular formula is C18H16N2O4S2. The molecule has 0 aliphatic carbocycles. The maximum Gasteiger partial charge on any atom is 0.285 e. The lowest BCUT2D eigenvalue weighted by atomic mass is 10.3. The summed E-state index contributed by atoms with van der Waals surface area (Å²) in [6, 6.07) is 11.5. The minimum atomic E-state index is -3.88.